The SMILES string of the molecule is CNC(CCS(C)(=O)=O)C1(N(C)C)CCCC(C)C1. The van der Waals surface area contributed by atoms with Crippen molar-refractivity contribution < 1.29 is 8.42 Å². The highest BCUT2D eigenvalue weighted by molar-refractivity contribution is 7.90. The van der Waals surface area contributed by atoms with Crippen molar-refractivity contribution in [3.8, 4) is 0 Å². The summed E-state index contributed by atoms with van der Waals surface area (Å²) in [5.41, 5.74) is 0.0944. The van der Waals surface area contributed by atoms with Crippen LogP contribution in [0.2, 0.25) is 0 Å². The van der Waals surface area contributed by atoms with Gasteiger partial charge in [-0.3, -0.25) is 0 Å². The first kappa shape index (κ1) is 16.9. The van der Waals surface area contributed by atoms with Crippen LogP contribution in [0.5, 0.6) is 0 Å². The van der Waals surface area contributed by atoms with E-state index in [1.54, 1.807) is 0 Å². The Kier molecular flexibility index (Phi) is 5.83. The molecular formula is C14H30N2O2S. The molecule has 19 heavy (non-hydrogen) atoms. The summed E-state index contributed by atoms with van der Waals surface area (Å²) < 4.78 is 22.9. The minimum Gasteiger partial charge on any atom is -0.315 e. The summed E-state index contributed by atoms with van der Waals surface area (Å²) in [6.07, 6.45) is 6.84. The van der Waals surface area contributed by atoms with Gasteiger partial charge in [-0.05, 0) is 46.3 Å². The van der Waals surface area contributed by atoms with Crippen LogP contribution in [0, 0.1) is 5.92 Å². The van der Waals surface area contributed by atoms with E-state index in [2.05, 4.69) is 31.2 Å². The molecule has 0 aliphatic heterocycles. The van der Waals surface area contributed by atoms with Gasteiger partial charge in [-0.25, -0.2) is 8.42 Å². The molecule has 0 aromatic rings. The molecule has 4 nitrogen and oxygen atoms in total. The van der Waals surface area contributed by atoms with Crippen LogP contribution in [-0.2, 0) is 9.84 Å². The second kappa shape index (κ2) is 6.55. The second-order valence-electron chi connectivity index (χ2n) is 6.46. The lowest BCUT2D eigenvalue weighted by Gasteiger charge is -2.50. The molecule has 0 spiro atoms. The van der Waals surface area contributed by atoms with Gasteiger partial charge < -0.3 is 10.2 Å². The minimum atomic E-state index is -2.89. The van der Waals surface area contributed by atoms with Crippen molar-refractivity contribution >= 4 is 9.84 Å². The fourth-order valence-electron chi connectivity index (χ4n) is 3.61. The third kappa shape index (κ3) is 4.43. The molecule has 3 atom stereocenters. The van der Waals surface area contributed by atoms with Gasteiger partial charge in [0.1, 0.15) is 9.84 Å². The van der Waals surface area contributed by atoms with Gasteiger partial charge in [0.15, 0.2) is 0 Å². The predicted molar refractivity (Wildman–Crippen MR) is 81.2 cm³/mol. The maximum atomic E-state index is 11.4. The molecule has 3 unspecified atom stereocenters. The maximum Gasteiger partial charge on any atom is 0.147 e. The Labute approximate surface area is 118 Å². The molecule has 0 bridgehead atoms. The summed E-state index contributed by atoms with van der Waals surface area (Å²) in [7, 11) is 3.32. The highest BCUT2D eigenvalue weighted by Gasteiger charge is 2.42. The summed E-state index contributed by atoms with van der Waals surface area (Å²) in [5, 5.41) is 3.38. The molecule has 1 fully saturated rings. The Morgan fingerprint density at radius 1 is 1.42 bits per heavy atom. The standard InChI is InChI=1S/C14H30N2O2S/c1-12-7-6-9-14(11-12,16(3)4)13(15-2)8-10-19(5,17)18/h12-13,15H,6-11H2,1-5H3. The van der Waals surface area contributed by atoms with E-state index in [1.165, 1.54) is 19.1 Å². The van der Waals surface area contributed by atoms with E-state index in [0.717, 1.165) is 12.8 Å². The number of sulfone groups is 1. The first-order chi connectivity index (χ1) is 8.71. The first-order valence-electron chi connectivity index (χ1n) is 7.23. The highest BCUT2D eigenvalue weighted by Crippen LogP contribution is 2.39. The average molecular weight is 290 g/mol. The Morgan fingerprint density at radius 3 is 2.47 bits per heavy atom. The van der Waals surface area contributed by atoms with Gasteiger partial charge in [-0.15, -0.1) is 0 Å². The normalized spacial score (nSPS) is 30.5. The molecular weight excluding hydrogens is 260 g/mol. The number of hydrogen-bond acceptors (Lipinski definition) is 4. The van der Waals surface area contributed by atoms with Crippen LogP contribution in [0.15, 0.2) is 0 Å². The third-order valence-corrected chi connectivity index (χ3v) is 5.65. The quantitative estimate of drug-likeness (QED) is 0.806. The summed E-state index contributed by atoms with van der Waals surface area (Å²) >= 11 is 0. The smallest absolute Gasteiger partial charge is 0.147 e. The Hall–Kier alpha value is -0.130. The van der Waals surface area contributed by atoms with E-state index in [1.807, 2.05) is 7.05 Å². The maximum absolute atomic E-state index is 11.4. The van der Waals surface area contributed by atoms with E-state index < -0.39 is 9.84 Å². The van der Waals surface area contributed by atoms with Crippen LogP contribution in [-0.4, -0.2) is 58.1 Å². The van der Waals surface area contributed by atoms with Crippen LogP contribution >= 0.6 is 0 Å². The molecule has 0 aromatic heterocycles. The van der Waals surface area contributed by atoms with E-state index in [4.69, 9.17) is 0 Å². The predicted octanol–water partition coefficient (Wildman–Crippen LogP) is 1.52. The Morgan fingerprint density at radius 2 is 2.05 bits per heavy atom. The summed E-state index contributed by atoms with van der Waals surface area (Å²) in [6.45, 7) is 2.31. The van der Waals surface area contributed by atoms with Crippen LogP contribution in [0.3, 0.4) is 0 Å². The van der Waals surface area contributed by atoms with Gasteiger partial charge in [0, 0.05) is 17.8 Å². The van der Waals surface area contributed by atoms with E-state index >= 15 is 0 Å². The van der Waals surface area contributed by atoms with Crippen LogP contribution < -0.4 is 5.32 Å². The molecule has 0 heterocycles. The van der Waals surface area contributed by atoms with E-state index in [9.17, 15) is 8.42 Å². The molecule has 0 amide bonds. The van der Waals surface area contributed by atoms with Crippen molar-refractivity contribution in [2.45, 2.75) is 50.6 Å². The van der Waals surface area contributed by atoms with Gasteiger partial charge in [0.25, 0.3) is 0 Å². The van der Waals surface area contributed by atoms with Crippen molar-refractivity contribution in [1.29, 1.82) is 0 Å². The molecule has 0 radical (unpaired) electrons. The number of nitrogens with one attached hydrogen (secondary N) is 1. The lowest BCUT2D eigenvalue weighted by Crippen LogP contribution is -2.60. The van der Waals surface area contributed by atoms with Gasteiger partial charge in [0.05, 0.1) is 5.75 Å². The molecule has 1 aliphatic rings. The average Bonchev–Trinajstić information content (AvgIpc) is 2.28. The van der Waals surface area contributed by atoms with Crippen molar-refractivity contribution in [1.82, 2.24) is 10.2 Å². The fourth-order valence-corrected chi connectivity index (χ4v) is 4.28. The lowest BCUT2D eigenvalue weighted by molar-refractivity contribution is 0.0388. The molecule has 114 valence electrons. The lowest BCUT2D eigenvalue weighted by atomic mass is 9.70. The van der Waals surface area contributed by atoms with Crippen molar-refractivity contribution in [2.75, 3.05) is 33.2 Å². The molecule has 1 saturated carbocycles. The van der Waals surface area contributed by atoms with Crippen molar-refractivity contribution in [3.63, 3.8) is 0 Å². The van der Waals surface area contributed by atoms with Gasteiger partial charge >= 0.3 is 0 Å². The van der Waals surface area contributed by atoms with Crippen molar-refractivity contribution in [2.24, 2.45) is 5.92 Å². The van der Waals surface area contributed by atoms with Crippen molar-refractivity contribution in [3.05, 3.63) is 0 Å². The molecule has 1 N–H and O–H groups in total. The van der Waals surface area contributed by atoms with Crippen LogP contribution in [0.4, 0.5) is 0 Å². The topological polar surface area (TPSA) is 49.4 Å². The molecule has 0 aromatic carbocycles. The molecule has 5 heteroatoms. The zero-order valence-electron chi connectivity index (χ0n) is 13.1. The number of nitrogens with zero attached hydrogens (tertiary/aromatic N) is 1. The zero-order valence-corrected chi connectivity index (χ0v) is 13.9. The van der Waals surface area contributed by atoms with Gasteiger partial charge in [-0.1, -0.05) is 19.8 Å². The fraction of sp³-hybridized carbons (Fsp3) is 1.00. The Balaban J connectivity index is 2.88. The number of hydrogen-bond donors (Lipinski definition) is 1. The highest BCUT2D eigenvalue weighted by atomic mass is 32.2. The van der Waals surface area contributed by atoms with E-state index in [0.29, 0.717) is 12.3 Å². The molecule has 1 aliphatic carbocycles. The molecule has 1 rings (SSSR count). The van der Waals surface area contributed by atoms with Crippen LogP contribution in [0.1, 0.15) is 39.0 Å². The number of rotatable bonds is 6. The van der Waals surface area contributed by atoms with E-state index in [-0.39, 0.29) is 17.3 Å². The van der Waals surface area contributed by atoms with Crippen LogP contribution in [0.25, 0.3) is 0 Å². The first-order valence-corrected chi connectivity index (χ1v) is 9.30. The summed E-state index contributed by atoms with van der Waals surface area (Å²) in [6, 6.07) is 0.236. The second-order valence-corrected chi connectivity index (χ2v) is 8.72. The van der Waals surface area contributed by atoms with Gasteiger partial charge in [-0.2, -0.15) is 0 Å². The minimum absolute atomic E-state index is 0.0944. The monoisotopic (exact) mass is 290 g/mol. The largest absolute Gasteiger partial charge is 0.315 e. The van der Waals surface area contributed by atoms with Gasteiger partial charge in [0.2, 0.25) is 0 Å². The molecule has 0 saturated heterocycles. The zero-order chi connectivity index (χ0) is 14.7. The third-order valence-electron chi connectivity index (χ3n) is 4.67. The summed E-state index contributed by atoms with van der Waals surface area (Å²) in [5.74, 6) is 0.980. The number of likely N-dealkylation sites (N-methyl/N-ethyl adjacent to an activating group) is 2. The summed E-state index contributed by atoms with van der Waals surface area (Å²) in [4.78, 5) is 2.31. The Bertz CT molecular complexity index is 381.